The quantitative estimate of drug-likeness (QED) is 0.751. The third kappa shape index (κ3) is 6.55. The summed E-state index contributed by atoms with van der Waals surface area (Å²) in [6.07, 6.45) is 3.76. The Hall–Kier alpha value is -1.13. The van der Waals surface area contributed by atoms with Crippen molar-refractivity contribution in [2.24, 2.45) is 0 Å². The van der Waals surface area contributed by atoms with E-state index in [9.17, 15) is 0 Å². The van der Waals surface area contributed by atoms with Crippen molar-refractivity contribution in [3.8, 4) is 0 Å². The number of hydrogen-bond acceptors (Lipinski definition) is 2. The maximum Gasteiger partial charge on any atom is 0.170 e. The summed E-state index contributed by atoms with van der Waals surface area (Å²) >= 11 is 5.23. The molecule has 3 nitrogen and oxygen atoms in total. The van der Waals surface area contributed by atoms with Crippen LogP contribution in [-0.2, 0) is 11.2 Å². The fourth-order valence-electron chi connectivity index (χ4n) is 1.63. The largest absolute Gasteiger partial charge is 0.380 e. The zero-order valence-electron chi connectivity index (χ0n) is 12.0. The maximum absolute atomic E-state index is 5.23. The molecule has 1 aromatic rings. The average molecular weight is 280 g/mol. The van der Waals surface area contributed by atoms with Crippen LogP contribution >= 0.6 is 12.2 Å². The Bertz CT molecular complexity index is 378. The van der Waals surface area contributed by atoms with Gasteiger partial charge in [-0.25, -0.2) is 0 Å². The van der Waals surface area contributed by atoms with Crippen LogP contribution in [0.3, 0.4) is 0 Å². The SMILES string of the molecule is CCCCc1ccc(NC(=S)NCC(C)OC)cc1. The van der Waals surface area contributed by atoms with Crippen molar-refractivity contribution in [2.45, 2.75) is 39.2 Å². The molecule has 0 aliphatic heterocycles. The van der Waals surface area contributed by atoms with Crippen LogP contribution in [0.1, 0.15) is 32.3 Å². The van der Waals surface area contributed by atoms with Crippen LogP contribution in [0.15, 0.2) is 24.3 Å². The van der Waals surface area contributed by atoms with Crippen LogP contribution in [0.2, 0.25) is 0 Å². The van der Waals surface area contributed by atoms with Crippen molar-refractivity contribution in [1.29, 1.82) is 0 Å². The second-order valence-electron chi connectivity index (χ2n) is 4.68. The molecule has 0 heterocycles. The van der Waals surface area contributed by atoms with Crippen LogP contribution in [-0.4, -0.2) is 24.9 Å². The Labute approximate surface area is 121 Å². The van der Waals surface area contributed by atoms with Gasteiger partial charge in [0.25, 0.3) is 0 Å². The molecule has 0 aliphatic carbocycles. The summed E-state index contributed by atoms with van der Waals surface area (Å²) in [5.74, 6) is 0. The summed E-state index contributed by atoms with van der Waals surface area (Å²) in [5.41, 5.74) is 2.39. The second kappa shape index (κ2) is 8.88. The molecule has 0 radical (unpaired) electrons. The standard InChI is InChI=1S/C15H24N2OS/c1-4-5-6-13-7-9-14(10-8-13)17-15(19)16-11-12(2)18-3/h7-10,12H,4-6,11H2,1-3H3,(H2,16,17,19). The first-order chi connectivity index (χ1) is 9.15. The minimum Gasteiger partial charge on any atom is -0.380 e. The minimum absolute atomic E-state index is 0.149. The first-order valence-electron chi connectivity index (χ1n) is 6.82. The second-order valence-corrected chi connectivity index (χ2v) is 5.09. The number of ether oxygens (including phenoxy) is 1. The summed E-state index contributed by atoms with van der Waals surface area (Å²) < 4.78 is 5.15. The molecular formula is C15H24N2OS. The molecule has 1 rings (SSSR count). The Kier molecular flexibility index (Phi) is 7.45. The van der Waals surface area contributed by atoms with Crippen molar-refractivity contribution in [2.75, 3.05) is 19.0 Å². The van der Waals surface area contributed by atoms with E-state index >= 15 is 0 Å². The number of benzene rings is 1. The van der Waals surface area contributed by atoms with Crippen molar-refractivity contribution in [1.82, 2.24) is 5.32 Å². The zero-order valence-corrected chi connectivity index (χ0v) is 12.8. The fourth-order valence-corrected chi connectivity index (χ4v) is 1.83. The lowest BCUT2D eigenvalue weighted by Crippen LogP contribution is -2.34. The number of anilines is 1. The highest BCUT2D eigenvalue weighted by Gasteiger charge is 2.01. The highest BCUT2D eigenvalue weighted by atomic mass is 32.1. The lowest BCUT2D eigenvalue weighted by Gasteiger charge is -2.14. The van der Waals surface area contributed by atoms with Gasteiger partial charge in [0.1, 0.15) is 0 Å². The normalized spacial score (nSPS) is 11.9. The molecule has 1 atom stereocenters. The van der Waals surface area contributed by atoms with E-state index in [2.05, 4.69) is 41.8 Å². The van der Waals surface area contributed by atoms with E-state index in [1.165, 1.54) is 18.4 Å². The summed E-state index contributed by atoms with van der Waals surface area (Å²) in [6, 6.07) is 8.44. The smallest absolute Gasteiger partial charge is 0.170 e. The van der Waals surface area contributed by atoms with Crippen LogP contribution in [0.5, 0.6) is 0 Å². The van der Waals surface area contributed by atoms with Crippen molar-refractivity contribution < 1.29 is 4.74 Å². The first kappa shape index (κ1) is 15.9. The topological polar surface area (TPSA) is 33.3 Å². The van der Waals surface area contributed by atoms with Gasteiger partial charge >= 0.3 is 0 Å². The number of rotatable bonds is 7. The summed E-state index contributed by atoms with van der Waals surface area (Å²) in [7, 11) is 1.69. The summed E-state index contributed by atoms with van der Waals surface area (Å²) in [5, 5.41) is 6.93. The van der Waals surface area contributed by atoms with E-state index in [1.54, 1.807) is 7.11 Å². The van der Waals surface area contributed by atoms with Gasteiger partial charge in [0.2, 0.25) is 0 Å². The minimum atomic E-state index is 0.149. The van der Waals surface area contributed by atoms with E-state index < -0.39 is 0 Å². The van der Waals surface area contributed by atoms with Gasteiger partial charge in [0.15, 0.2) is 5.11 Å². The predicted octanol–water partition coefficient (Wildman–Crippen LogP) is 3.35. The van der Waals surface area contributed by atoms with Crippen LogP contribution < -0.4 is 10.6 Å². The van der Waals surface area contributed by atoms with E-state index in [0.29, 0.717) is 11.7 Å². The van der Waals surface area contributed by atoms with Gasteiger partial charge in [-0.2, -0.15) is 0 Å². The lowest BCUT2D eigenvalue weighted by molar-refractivity contribution is 0.121. The maximum atomic E-state index is 5.23. The highest BCUT2D eigenvalue weighted by molar-refractivity contribution is 7.80. The third-order valence-electron chi connectivity index (χ3n) is 2.98. The molecule has 1 unspecified atom stereocenters. The van der Waals surface area contributed by atoms with Crippen molar-refractivity contribution in [3.05, 3.63) is 29.8 Å². The molecule has 106 valence electrons. The molecule has 0 fully saturated rings. The monoisotopic (exact) mass is 280 g/mol. The summed E-state index contributed by atoms with van der Waals surface area (Å²) in [4.78, 5) is 0. The number of unbranched alkanes of at least 4 members (excludes halogenated alkanes) is 1. The molecule has 2 N–H and O–H groups in total. The third-order valence-corrected chi connectivity index (χ3v) is 3.23. The molecule has 0 spiro atoms. The van der Waals surface area contributed by atoms with Crippen LogP contribution in [0, 0.1) is 0 Å². The van der Waals surface area contributed by atoms with Crippen molar-refractivity contribution in [3.63, 3.8) is 0 Å². The molecule has 0 amide bonds. The Morgan fingerprint density at radius 1 is 1.32 bits per heavy atom. The first-order valence-corrected chi connectivity index (χ1v) is 7.23. The van der Waals surface area contributed by atoms with Crippen LogP contribution in [0.25, 0.3) is 0 Å². The van der Waals surface area contributed by atoms with E-state index in [0.717, 1.165) is 12.1 Å². The van der Waals surface area contributed by atoms with E-state index in [1.807, 2.05) is 6.92 Å². The van der Waals surface area contributed by atoms with E-state index in [4.69, 9.17) is 17.0 Å². The lowest BCUT2D eigenvalue weighted by atomic mass is 10.1. The molecule has 0 saturated carbocycles. The average Bonchev–Trinajstić information content (AvgIpc) is 2.44. The number of nitrogens with one attached hydrogen (secondary N) is 2. The Balaban J connectivity index is 2.37. The van der Waals surface area contributed by atoms with Gasteiger partial charge in [0.05, 0.1) is 6.10 Å². The highest BCUT2D eigenvalue weighted by Crippen LogP contribution is 2.11. The number of methoxy groups -OCH3 is 1. The number of thiocarbonyl (C=S) groups is 1. The Morgan fingerprint density at radius 3 is 2.58 bits per heavy atom. The van der Waals surface area contributed by atoms with Gasteiger partial charge in [-0.05, 0) is 49.7 Å². The van der Waals surface area contributed by atoms with E-state index in [-0.39, 0.29) is 6.10 Å². The fraction of sp³-hybridized carbons (Fsp3) is 0.533. The van der Waals surface area contributed by atoms with Gasteiger partial charge in [0, 0.05) is 19.3 Å². The summed E-state index contributed by atoms with van der Waals surface area (Å²) in [6.45, 7) is 4.91. The molecule has 0 bridgehead atoms. The molecule has 19 heavy (non-hydrogen) atoms. The molecule has 1 aromatic carbocycles. The van der Waals surface area contributed by atoms with Gasteiger partial charge < -0.3 is 15.4 Å². The van der Waals surface area contributed by atoms with Gasteiger partial charge in [-0.3, -0.25) is 0 Å². The number of aryl methyl sites for hydroxylation is 1. The molecule has 0 aliphatic rings. The number of hydrogen-bond donors (Lipinski definition) is 2. The molecule has 0 aromatic heterocycles. The molecule has 0 saturated heterocycles. The molecule has 4 heteroatoms. The van der Waals surface area contributed by atoms with Crippen LogP contribution in [0.4, 0.5) is 5.69 Å². The van der Waals surface area contributed by atoms with Crippen molar-refractivity contribution >= 4 is 23.0 Å². The Morgan fingerprint density at radius 2 is 2.00 bits per heavy atom. The zero-order chi connectivity index (χ0) is 14.1. The molecular weight excluding hydrogens is 256 g/mol. The van der Waals surface area contributed by atoms with Gasteiger partial charge in [-0.15, -0.1) is 0 Å². The van der Waals surface area contributed by atoms with Gasteiger partial charge in [-0.1, -0.05) is 25.5 Å². The predicted molar refractivity (Wildman–Crippen MR) is 85.7 cm³/mol.